The molecule has 0 saturated carbocycles. The molecule has 0 spiro atoms. The minimum absolute atomic E-state index is 0.120. The Balaban J connectivity index is 2.64. The average Bonchev–Trinajstić information content (AvgIpc) is 2.73. The maximum absolute atomic E-state index is 10.7. The minimum Gasteiger partial charge on any atom is -0.396 e. The molecule has 2 heterocycles. The lowest BCUT2D eigenvalue weighted by atomic mass is 10.2. The first-order chi connectivity index (χ1) is 7.11. The van der Waals surface area contributed by atoms with E-state index in [2.05, 4.69) is 15.3 Å². The first-order valence-electron chi connectivity index (χ1n) is 4.07. The van der Waals surface area contributed by atoms with Gasteiger partial charge in [0.25, 0.3) is 0 Å². The Labute approximate surface area is 83.9 Å². The second-order valence-corrected chi connectivity index (χ2v) is 2.96. The molecule has 8 heteroatoms. The zero-order chi connectivity index (χ0) is 11.0. The molecule has 2 aromatic rings. The highest BCUT2D eigenvalue weighted by Crippen LogP contribution is 2.30. The van der Waals surface area contributed by atoms with E-state index in [1.807, 2.05) is 0 Å². The molecule has 2 aromatic heterocycles. The summed E-state index contributed by atoms with van der Waals surface area (Å²) in [6, 6.07) is 0. The van der Waals surface area contributed by atoms with Gasteiger partial charge in [0.05, 0.1) is 16.8 Å². The summed E-state index contributed by atoms with van der Waals surface area (Å²) in [5, 5.41) is 20.7. The number of rotatable bonds is 2. The first kappa shape index (κ1) is 9.19. The van der Waals surface area contributed by atoms with Crippen LogP contribution in [0.1, 0.15) is 0 Å². The highest BCUT2D eigenvalue weighted by molar-refractivity contribution is 5.75. The van der Waals surface area contributed by atoms with E-state index < -0.39 is 4.92 Å². The highest BCUT2D eigenvalue weighted by Gasteiger charge is 2.22. The van der Waals surface area contributed by atoms with Gasteiger partial charge in [-0.1, -0.05) is 0 Å². The monoisotopic (exact) mass is 208 g/mol. The van der Waals surface area contributed by atoms with E-state index in [0.717, 1.165) is 6.20 Å². The number of anilines is 1. The standard InChI is InChI=1S/C7H8N6O2/c1-12-7(4(8)2-10-12)6-5(13(14)15)3-9-11-6/h2-3H,8H2,1H3,(H,9,11). The zero-order valence-electron chi connectivity index (χ0n) is 7.84. The molecule has 0 saturated heterocycles. The van der Waals surface area contributed by atoms with Crippen molar-refractivity contribution >= 4 is 11.4 Å². The quantitative estimate of drug-likeness (QED) is 0.543. The summed E-state index contributed by atoms with van der Waals surface area (Å²) in [4.78, 5) is 10.2. The number of hydrogen-bond donors (Lipinski definition) is 2. The second kappa shape index (κ2) is 3.08. The summed E-state index contributed by atoms with van der Waals surface area (Å²) in [5.74, 6) is 0. The lowest BCUT2D eigenvalue weighted by molar-refractivity contribution is -0.384. The molecule has 0 unspecified atom stereocenters. The molecule has 3 N–H and O–H groups in total. The third kappa shape index (κ3) is 1.31. The molecule has 78 valence electrons. The molecule has 0 fully saturated rings. The van der Waals surface area contributed by atoms with Gasteiger partial charge in [-0.2, -0.15) is 10.2 Å². The molecule has 8 nitrogen and oxygen atoms in total. The minimum atomic E-state index is -0.523. The topological polar surface area (TPSA) is 116 Å². The van der Waals surface area contributed by atoms with Gasteiger partial charge < -0.3 is 5.73 Å². The molecule has 0 radical (unpaired) electrons. The van der Waals surface area contributed by atoms with Crippen molar-refractivity contribution in [3.63, 3.8) is 0 Å². The normalized spacial score (nSPS) is 10.5. The number of aryl methyl sites for hydroxylation is 1. The number of nitrogens with two attached hydrogens (primary N) is 1. The summed E-state index contributed by atoms with van der Waals surface area (Å²) in [7, 11) is 1.65. The molecule has 0 amide bonds. The summed E-state index contributed by atoms with van der Waals surface area (Å²) in [5.41, 5.74) is 6.61. The van der Waals surface area contributed by atoms with Crippen molar-refractivity contribution in [3.05, 3.63) is 22.5 Å². The van der Waals surface area contributed by atoms with Gasteiger partial charge in [-0.05, 0) is 0 Å². The van der Waals surface area contributed by atoms with Crippen LogP contribution in [0.3, 0.4) is 0 Å². The van der Waals surface area contributed by atoms with Crippen LogP contribution in [0.4, 0.5) is 11.4 Å². The van der Waals surface area contributed by atoms with Crippen molar-refractivity contribution in [1.29, 1.82) is 0 Å². The van der Waals surface area contributed by atoms with E-state index in [4.69, 9.17) is 5.73 Å². The third-order valence-electron chi connectivity index (χ3n) is 2.02. The molecule has 15 heavy (non-hydrogen) atoms. The Bertz CT molecular complexity index is 494. The molecule has 0 aliphatic heterocycles. The van der Waals surface area contributed by atoms with Crippen molar-refractivity contribution in [2.45, 2.75) is 0 Å². The van der Waals surface area contributed by atoms with Gasteiger partial charge in [-0.25, -0.2) is 0 Å². The molecule has 2 rings (SSSR count). The maximum atomic E-state index is 10.7. The number of hydrogen-bond acceptors (Lipinski definition) is 5. The van der Waals surface area contributed by atoms with Crippen LogP contribution >= 0.6 is 0 Å². The maximum Gasteiger partial charge on any atom is 0.316 e. The van der Waals surface area contributed by atoms with Crippen LogP contribution < -0.4 is 5.73 Å². The lowest BCUT2D eigenvalue weighted by Crippen LogP contribution is -1.98. The van der Waals surface area contributed by atoms with E-state index in [-0.39, 0.29) is 11.4 Å². The number of nitro groups is 1. The van der Waals surface area contributed by atoms with Gasteiger partial charge in [-0.15, -0.1) is 0 Å². The second-order valence-electron chi connectivity index (χ2n) is 2.96. The summed E-state index contributed by atoms with van der Waals surface area (Å²) in [6.07, 6.45) is 2.57. The summed E-state index contributed by atoms with van der Waals surface area (Å²) >= 11 is 0. The fourth-order valence-electron chi connectivity index (χ4n) is 1.35. The van der Waals surface area contributed by atoms with Gasteiger partial charge in [0, 0.05) is 7.05 Å². The van der Waals surface area contributed by atoms with E-state index >= 15 is 0 Å². The highest BCUT2D eigenvalue weighted by atomic mass is 16.6. The fourth-order valence-corrected chi connectivity index (χ4v) is 1.35. The van der Waals surface area contributed by atoms with E-state index in [1.54, 1.807) is 7.05 Å². The predicted octanol–water partition coefficient (Wildman–Crippen LogP) is 0.301. The Hall–Kier alpha value is -2.38. The molecular weight excluding hydrogens is 200 g/mol. The van der Waals surface area contributed by atoms with Gasteiger partial charge in [0.1, 0.15) is 11.9 Å². The van der Waals surface area contributed by atoms with Crippen LogP contribution in [0.5, 0.6) is 0 Å². The van der Waals surface area contributed by atoms with Crippen molar-refractivity contribution in [1.82, 2.24) is 20.0 Å². The zero-order valence-corrected chi connectivity index (χ0v) is 7.84. The van der Waals surface area contributed by atoms with Crippen molar-refractivity contribution in [3.8, 4) is 11.4 Å². The smallest absolute Gasteiger partial charge is 0.316 e. The Morgan fingerprint density at radius 3 is 2.87 bits per heavy atom. The number of nitrogens with one attached hydrogen (secondary N) is 1. The first-order valence-corrected chi connectivity index (χ1v) is 4.07. The van der Waals surface area contributed by atoms with Crippen LogP contribution in [0, 0.1) is 10.1 Å². The Morgan fingerprint density at radius 1 is 1.60 bits per heavy atom. The molecule has 0 aromatic carbocycles. The van der Waals surface area contributed by atoms with Gasteiger partial charge in [0.2, 0.25) is 0 Å². The Morgan fingerprint density at radius 2 is 2.33 bits per heavy atom. The van der Waals surface area contributed by atoms with E-state index in [9.17, 15) is 10.1 Å². The fraction of sp³-hybridized carbons (Fsp3) is 0.143. The molecule has 0 aliphatic rings. The lowest BCUT2D eigenvalue weighted by Gasteiger charge is -1.99. The number of H-pyrrole nitrogens is 1. The van der Waals surface area contributed by atoms with Crippen LogP contribution in [0.25, 0.3) is 11.4 Å². The molecule has 0 aliphatic carbocycles. The van der Waals surface area contributed by atoms with Crippen LogP contribution in [-0.4, -0.2) is 24.9 Å². The summed E-state index contributed by atoms with van der Waals surface area (Å²) < 4.78 is 1.45. The van der Waals surface area contributed by atoms with Crippen molar-refractivity contribution in [2.75, 3.05) is 5.73 Å². The average molecular weight is 208 g/mol. The van der Waals surface area contributed by atoms with Gasteiger partial charge >= 0.3 is 5.69 Å². The largest absolute Gasteiger partial charge is 0.396 e. The Kier molecular flexibility index (Phi) is 1.89. The number of aromatic nitrogens is 4. The van der Waals surface area contributed by atoms with Crippen molar-refractivity contribution in [2.24, 2.45) is 7.05 Å². The number of nitrogens with zero attached hydrogens (tertiary/aromatic N) is 4. The van der Waals surface area contributed by atoms with E-state index in [0.29, 0.717) is 11.4 Å². The van der Waals surface area contributed by atoms with Crippen LogP contribution in [0.2, 0.25) is 0 Å². The van der Waals surface area contributed by atoms with Crippen LogP contribution in [-0.2, 0) is 7.05 Å². The SMILES string of the molecule is Cn1ncc(N)c1-c1[nH]ncc1[N+](=O)[O-]. The van der Waals surface area contributed by atoms with E-state index in [1.165, 1.54) is 10.9 Å². The number of aromatic amines is 1. The van der Waals surface area contributed by atoms with Gasteiger partial charge in [0.15, 0.2) is 5.69 Å². The van der Waals surface area contributed by atoms with Crippen molar-refractivity contribution < 1.29 is 4.92 Å². The number of nitrogen functional groups attached to an aromatic ring is 1. The molecular formula is C7H8N6O2. The predicted molar refractivity (Wildman–Crippen MR) is 51.9 cm³/mol. The molecule has 0 bridgehead atoms. The summed E-state index contributed by atoms with van der Waals surface area (Å²) in [6.45, 7) is 0. The third-order valence-corrected chi connectivity index (χ3v) is 2.02. The van der Waals surface area contributed by atoms with Crippen LogP contribution in [0.15, 0.2) is 12.4 Å². The molecule has 0 atom stereocenters. The van der Waals surface area contributed by atoms with Gasteiger partial charge in [-0.3, -0.25) is 19.9 Å².